The molecule has 0 saturated carbocycles. The second-order valence-electron chi connectivity index (χ2n) is 6.83. The molecule has 0 radical (unpaired) electrons. The average Bonchev–Trinajstić information content (AvgIpc) is 3.13. The first-order valence-corrected chi connectivity index (χ1v) is 9.49. The molecule has 0 aliphatic heterocycles. The van der Waals surface area contributed by atoms with Gasteiger partial charge in [0.25, 0.3) is 11.5 Å². The Labute approximate surface area is 167 Å². The van der Waals surface area contributed by atoms with Crippen LogP contribution in [0.4, 0.5) is 0 Å². The van der Waals surface area contributed by atoms with E-state index in [2.05, 4.69) is 20.6 Å². The average molecular weight is 387 g/mol. The highest BCUT2D eigenvalue weighted by molar-refractivity contribution is 6.04. The number of rotatable bonds is 6. The van der Waals surface area contributed by atoms with Crippen molar-refractivity contribution in [1.82, 2.24) is 25.3 Å². The van der Waals surface area contributed by atoms with Crippen molar-refractivity contribution in [2.75, 3.05) is 6.54 Å². The summed E-state index contributed by atoms with van der Waals surface area (Å²) >= 11 is 0. The van der Waals surface area contributed by atoms with Gasteiger partial charge in [0.15, 0.2) is 5.69 Å². The summed E-state index contributed by atoms with van der Waals surface area (Å²) in [5.41, 5.74) is 3.08. The fraction of sp³-hybridized carbons (Fsp3) is 0.182. The molecule has 0 atom stereocenters. The fourth-order valence-corrected chi connectivity index (χ4v) is 3.31. The van der Waals surface area contributed by atoms with Crippen LogP contribution < -0.4 is 10.9 Å². The number of para-hydroxylation sites is 1. The highest BCUT2D eigenvalue weighted by atomic mass is 16.2. The molecule has 4 rings (SSSR count). The number of aromatic nitrogens is 4. The van der Waals surface area contributed by atoms with Gasteiger partial charge in [-0.15, -0.1) is 0 Å². The van der Waals surface area contributed by atoms with Gasteiger partial charge in [-0.2, -0.15) is 10.2 Å². The monoisotopic (exact) mass is 387 g/mol. The van der Waals surface area contributed by atoms with Crippen molar-refractivity contribution in [3.05, 3.63) is 88.1 Å². The van der Waals surface area contributed by atoms with Crippen LogP contribution >= 0.6 is 0 Å². The minimum atomic E-state index is -0.303. The number of benzene rings is 2. The van der Waals surface area contributed by atoms with Gasteiger partial charge >= 0.3 is 0 Å². The van der Waals surface area contributed by atoms with Crippen LogP contribution in [0.15, 0.2) is 65.6 Å². The maximum Gasteiger partial charge on any atom is 0.272 e. The standard InChI is InChI=1S/C22H21N5O2/c1-15-16(14-27(26-15)17-9-3-2-4-10-17)8-7-13-23-22(29)20-18-11-5-6-12-19(18)21(28)25-24-20/h2-6,9-12,14H,7-8,13H2,1H3,(H,23,29)(H,25,28). The molecule has 0 saturated heterocycles. The van der Waals surface area contributed by atoms with Gasteiger partial charge < -0.3 is 5.32 Å². The molecule has 146 valence electrons. The minimum absolute atomic E-state index is 0.230. The summed E-state index contributed by atoms with van der Waals surface area (Å²) in [4.78, 5) is 24.4. The van der Waals surface area contributed by atoms with Gasteiger partial charge in [0, 0.05) is 18.1 Å². The van der Waals surface area contributed by atoms with E-state index in [1.165, 1.54) is 0 Å². The van der Waals surface area contributed by atoms with Crippen LogP contribution in [0.3, 0.4) is 0 Å². The predicted octanol–water partition coefficient (Wildman–Crippen LogP) is 2.78. The Balaban J connectivity index is 1.38. The van der Waals surface area contributed by atoms with Crippen molar-refractivity contribution in [3.63, 3.8) is 0 Å². The maximum atomic E-state index is 12.5. The molecule has 2 N–H and O–H groups in total. The van der Waals surface area contributed by atoms with Crippen LogP contribution in [-0.4, -0.2) is 32.4 Å². The Hall–Kier alpha value is -3.74. The molecule has 4 aromatic rings. The lowest BCUT2D eigenvalue weighted by molar-refractivity contribution is 0.0949. The molecule has 29 heavy (non-hydrogen) atoms. The highest BCUT2D eigenvalue weighted by Gasteiger charge is 2.13. The van der Waals surface area contributed by atoms with E-state index in [0.717, 1.165) is 29.8 Å². The van der Waals surface area contributed by atoms with Gasteiger partial charge in [-0.3, -0.25) is 9.59 Å². The lowest BCUT2D eigenvalue weighted by Crippen LogP contribution is -2.27. The van der Waals surface area contributed by atoms with E-state index < -0.39 is 0 Å². The fourth-order valence-electron chi connectivity index (χ4n) is 3.31. The van der Waals surface area contributed by atoms with Gasteiger partial charge in [0.1, 0.15) is 0 Å². The van der Waals surface area contributed by atoms with Crippen molar-refractivity contribution in [2.45, 2.75) is 19.8 Å². The number of nitrogens with one attached hydrogen (secondary N) is 2. The summed E-state index contributed by atoms with van der Waals surface area (Å²) in [6.07, 6.45) is 3.61. The SMILES string of the molecule is Cc1nn(-c2ccccc2)cc1CCCNC(=O)c1n[nH]c(=O)c2ccccc12. The van der Waals surface area contributed by atoms with Crippen LogP contribution in [0, 0.1) is 6.92 Å². The Kier molecular flexibility index (Phi) is 5.20. The van der Waals surface area contributed by atoms with E-state index in [1.54, 1.807) is 24.3 Å². The van der Waals surface area contributed by atoms with Gasteiger partial charge in [-0.05, 0) is 43.5 Å². The molecule has 0 unspecified atom stereocenters. The number of fused-ring (bicyclic) bond motifs is 1. The molecule has 1 amide bonds. The predicted molar refractivity (Wildman–Crippen MR) is 111 cm³/mol. The Bertz CT molecular complexity index is 1210. The second-order valence-corrected chi connectivity index (χ2v) is 6.83. The van der Waals surface area contributed by atoms with Gasteiger partial charge in [0.05, 0.1) is 16.8 Å². The van der Waals surface area contributed by atoms with E-state index in [4.69, 9.17) is 0 Å². The van der Waals surface area contributed by atoms with E-state index >= 15 is 0 Å². The molecule has 7 nitrogen and oxygen atoms in total. The van der Waals surface area contributed by atoms with E-state index in [-0.39, 0.29) is 17.2 Å². The molecule has 2 aromatic carbocycles. The van der Waals surface area contributed by atoms with Crippen LogP contribution in [0.5, 0.6) is 0 Å². The van der Waals surface area contributed by atoms with Gasteiger partial charge in [-0.1, -0.05) is 36.4 Å². The molecule has 0 fully saturated rings. The van der Waals surface area contributed by atoms with Crippen LogP contribution in [0.1, 0.15) is 28.2 Å². The van der Waals surface area contributed by atoms with Crippen molar-refractivity contribution in [1.29, 1.82) is 0 Å². The van der Waals surface area contributed by atoms with Crippen molar-refractivity contribution >= 4 is 16.7 Å². The molecule has 2 heterocycles. The minimum Gasteiger partial charge on any atom is -0.351 e. The summed E-state index contributed by atoms with van der Waals surface area (Å²) in [5.74, 6) is -0.297. The first kappa shape index (κ1) is 18.6. The third-order valence-electron chi connectivity index (χ3n) is 4.84. The number of aromatic amines is 1. The number of nitrogens with zero attached hydrogens (tertiary/aromatic N) is 3. The van der Waals surface area contributed by atoms with Crippen LogP contribution in [0.2, 0.25) is 0 Å². The molecule has 2 aromatic heterocycles. The Morgan fingerprint density at radius 3 is 2.59 bits per heavy atom. The molecule has 0 bridgehead atoms. The Morgan fingerprint density at radius 1 is 1.07 bits per heavy atom. The van der Waals surface area contributed by atoms with Gasteiger partial charge in [-0.25, -0.2) is 9.78 Å². The van der Waals surface area contributed by atoms with Crippen molar-refractivity contribution < 1.29 is 4.79 Å². The third kappa shape index (κ3) is 3.94. The number of H-pyrrole nitrogens is 1. The quantitative estimate of drug-likeness (QED) is 0.498. The smallest absolute Gasteiger partial charge is 0.272 e. The molecule has 7 heteroatoms. The summed E-state index contributed by atoms with van der Waals surface area (Å²) < 4.78 is 1.87. The molecule has 0 aliphatic carbocycles. The second kappa shape index (κ2) is 8.10. The normalized spacial score (nSPS) is 10.9. The molecule has 0 spiro atoms. The molecular formula is C22H21N5O2. The van der Waals surface area contributed by atoms with Crippen molar-refractivity contribution in [3.8, 4) is 5.69 Å². The van der Waals surface area contributed by atoms with Crippen LogP contribution in [0.25, 0.3) is 16.5 Å². The molecular weight excluding hydrogens is 366 g/mol. The van der Waals surface area contributed by atoms with Crippen molar-refractivity contribution in [2.24, 2.45) is 0 Å². The Morgan fingerprint density at radius 2 is 1.79 bits per heavy atom. The zero-order chi connectivity index (χ0) is 20.2. The largest absolute Gasteiger partial charge is 0.351 e. The number of amides is 1. The number of carbonyl (C=O) groups is 1. The number of hydrogen-bond acceptors (Lipinski definition) is 4. The zero-order valence-electron chi connectivity index (χ0n) is 16.1. The van der Waals surface area contributed by atoms with E-state index in [9.17, 15) is 9.59 Å². The maximum absolute atomic E-state index is 12.5. The van der Waals surface area contributed by atoms with E-state index in [0.29, 0.717) is 17.3 Å². The number of hydrogen-bond donors (Lipinski definition) is 2. The topological polar surface area (TPSA) is 92.7 Å². The first-order chi connectivity index (χ1) is 14.1. The summed E-state index contributed by atoms with van der Waals surface area (Å²) in [6, 6.07) is 16.9. The highest BCUT2D eigenvalue weighted by Crippen LogP contribution is 2.14. The first-order valence-electron chi connectivity index (χ1n) is 9.49. The lowest BCUT2D eigenvalue weighted by atomic mass is 10.1. The van der Waals surface area contributed by atoms with E-state index in [1.807, 2.05) is 48.1 Å². The van der Waals surface area contributed by atoms with Crippen LogP contribution in [-0.2, 0) is 6.42 Å². The lowest BCUT2D eigenvalue weighted by Gasteiger charge is -2.06. The van der Waals surface area contributed by atoms with Gasteiger partial charge in [0.2, 0.25) is 0 Å². The summed E-state index contributed by atoms with van der Waals surface area (Å²) in [6.45, 7) is 2.49. The third-order valence-corrected chi connectivity index (χ3v) is 4.84. The summed E-state index contributed by atoms with van der Waals surface area (Å²) in [7, 11) is 0. The zero-order valence-corrected chi connectivity index (χ0v) is 16.1. The molecule has 0 aliphatic rings. The summed E-state index contributed by atoms with van der Waals surface area (Å²) in [5, 5.41) is 14.8. The number of carbonyl (C=O) groups excluding carboxylic acids is 1. The number of aryl methyl sites for hydroxylation is 2.